The van der Waals surface area contributed by atoms with Crippen molar-refractivity contribution in [3.8, 4) is 0 Å². The lowest BCUT2D eigenvalue weighted by Crippen LogP contribution is -2.53. The molecule has 88 valence electrons. The topological polar surface area (TPSA) is 6.48 Å². The molecule has 0 aliphatic carbocycles. The third kappa shape index (κ3) is 3.23. The Morgan fingerprint density at radius 1 is 0.800 bits per heavy atom. The van der Waals surface area contributed by atoms with E-state index in [0.29, 0.717) is 0 Å². The first kappa shape index (κ1) is 12.0. The highest BCUT2D eigenvalue weighted by Gasteiger charge is 2.33. The zero-order valence-corrected chi connectivity index (χ0v) is 10.7. The number of hydrogen-bond donors (Lipinski definition) is 0. The summed E-state index contributed by atoms with van der Waals surface area (Å²) in [6.45, 7) is 7.07. The summed E-state index contributed by atoms with van der Waals surface area (Å²) in [5.74, 6) is 3.24. The molecule has 2 heterocycles. The van der Waals surface area contributed by atoms with Gasteiger partial charge in [0.25, 0.3) is 0 Å². The molecule has 2 nitrogen and oxygen atoms in total. The third-order valence-electron chi connectivity index (χ3n) is 3.53. The van der Waals surface area contributed by atoms with Gasteiger partial charge in [-0.15, -0.1) is 23.2 Å². The summed E-state index contributed by atoms with van der Waals surface area (Å²) in [5.41, 5.74) is 0. The van der Waals surface area contributed by atoms with Crippen molar-refractivity contribution >= 4 is 23.2 Å². The number of alkyl halides is 2. The van der Waals surface area contributed by atoms with Crippen molar-refractivity contribution < 1.29 is 0 Å². The lowest BCUT2D eigenvalue weighted by molar-refractivity contribution is 0.0371. The fourth-order valence-corrected chi connectivity index (χ4v) is 3.58. The first-order chi connectivity index (χ1) is 7.31. The Labute approximate surface area is 103 Å². The molecule has 0 spiro atoms. The fraction of sp³-hybridized carbons (Fsp3) is 1.00. The van der Waals surface area contributed by atoms with Crippen molar-refractivity contribution in [3.05, 3.63) is 0 Å². The zero-order chi connectivity index (χ0) is 10.7. The molecule has 0 radical (unpaired) electrons. The molecule has 0 aromatic heterocycles. The molecule has 2 saturated heterocycles. The highest BCUT2D eigenvalue weighted by atomic mass is 35.5. The van der Waals surface area contributed by atoms with Gasteiger partial charge in [0.15, 0.2) is 0 Å². The minimum atomic E-state index is 0.769. The summed E-state index contributed by atoms with van der Waals surface area (Å²) in [6, 6.07) is 0. The molecule has 0 aromatic rings. The molecule has 0 amide bonds. The molecule has 0 unspecified atom stereocenters. The van der Waals surface area contributed by atoms with E-state index in [1.165, 1.54) is 32.6 Å². The van der Waals surface area contributed by atoms with Crippen LogP contribution in [0.25, 0.3) is 0 Å². The van der Waals surface area contributed by atoms with E-state index in [4.69, 9.17) is 23.2 Å². The van der Waals surface area contributed by atoms with E-state index in [9.17, 15) is 0 Å². The van der Waals surface area contributed by atoms with Crippen LogP contribution in [0.1, 0.15) is 6.42 Å². The maximum Gasteiger partial charge on any atom is 0.0351 e. The van der Waals surface area contributed by atoms with Crippen molar-refractivity contribution in [1.29, 1.82) is 0 Å². The normalized spacial score (nSPS) is 33.2. The highest BCUT2D eigenvalue weighted by Crippen LogP contribution is 2.28. The smallest absolute Gasteiger partial charge is 0.0351 e. The van der Waals surface area contributed by atoms with Gasteiger partial charge >= 0.3 is 0 Å². The largest absolute Gasteiger partial charge is 0.302 e. The SMILES string of the molecule is ClCCN1CC2CC(C1)CN(CCCl)C2. The van der Waals surface area contributed by atoms with Crippen LogP contribution in [0.5, 0.6) is 0 Å². The Balaban J connectivity index is 1.85. The van der Waals surface area contributed by atoms with Gasteiger partial charge in [0.05, 0.1) is 0 Å². The third-order valence-corrected chi connectivity index (χ3v) is 3.87. The Hall–Kier alpha value is 0.500. The van der Waals surface area contributed by atoms with Crippen molar-refractivity contribution in [2.24, 2.45) is 11.8 Å². The number of fused-ring (bicyclic) bond motifs is 2. The van der Waals surface area contributed by atoms with Gasteiger partial charge in [-0.05, 0) is 18.3 Å². The molecule has 0 saturated carbocycles. The van der Waals surface area contributed by atoms with Crippen LogP contribution < -0.4 is 0 Å². The van der Waals surface area contributed by atoms with Crippen LogP contribution in [0.3, 0.4) is 0 Å². The molecular weight excluding hydrogens is 231 g/mol. The van der Waals surface area contributed by atoms with Crippen LogP contribution in [0.2, 0.25) is 0 Å². The van der Waals surface area contributed by atoms with Crippen LogP contribution in [0.15, 0.2) is 0 Å². The second-order valence-electron chi connectivity index (χ2n) is 4.86. The second-order valence-corrected chi connectivity index (χ2v) is 5.62. The summed E-state index contributed by atoms with van der Waals surface area (Å²) in [4.78, 5) is 5.06. The Morgan fingerprint density at radius 3 is 1.53 bits per heavy atom. The number of halogens is 2. The van der Waals surface area contributed by atoms with Gasteiger partial charge < -0.3 is 9.80 Å². The summed E-state index contributed by atoms with van der Waals surface area (Å²) < 4.78 is 0. The lowest BCUT2D eigenvalue weighted by Gasteiger charge is -2.45. The molecule has 0 N–H and O–H groups in total. The highest BCUT2D eigenvalue weighted by molar-refractivity contribution is 6.18. The van der Waals surface area contributed by atoms with Gasteiger partial charge in [0.1, 0.15) is 0 Å². The van der Waals surface area contributed by atoms with Gasteiger partial charge in [-0.2, -0.15) is 0 Å². The van der Waals surface area contributed by atoms with Crippen molar-refractivity contribution in [2.75, 3.05) is 51.0 Å². The van der Waals surface area contributed by atoms with Gasteiger partial charge in [0, 0.05) is 51.0 Å². The Morgan fingerprint density at radius 2 is 1.20 bits per heavy atom. The summed E-state index contributed by atoms with van der Waals surface area (Å²) in [7, 11) is 0. The molecule has 2 rings (SSSR count). The number of hydrogen-bond acceptors (Lipinski definition) is 2. The first-order valence-corrected chi connectivity index (χ1v) is 6.95. The van der Waals surface area contributed by atoms with Crippen LogP contribution in [-0.4, -0.2) is 60.8 Å². The molecule has 2 aliphatic rings. The van der Waals surface area contributed by atoms with E-state index >= 15 is 0 Å². The number of likely N-dealkylation sites (tertiary alicyclic amines) is 2. The molecule has 2 fully saturated rings. The quantitative estimate of drug-likeness (QED) is 0.702. The average Bonchev–Trinajstić information content (AvgIpc) is 2.17. The molecule has 0 aromatic carbocycles. The number of rotatable bonds is 4. The number of piperidine rings is 2. The standard InChI is InChI=1S/C11H20Cl2N2/c12-1-3-14-6-10-5-11(7-14)9-15(8-10)4-2-13/h10-11H,1-9H2. The molecule has 15 heavy (non-hydrogen) atoms. The number of nitrogens with zero attached hydrogens (tertiary/aromatic N) is 2. The summed E-state index contributed by atoms with van der Waals surface area (Å²) >= 11 is 11.6. The average molecular weight is 251 g/mol. The molecular formula is C11H20Cl2N2. The first-order valence-electron chi connectivity index (χ1n) is 5.88. The minimum Gasteiger partial charge on any atom is -0.302 e. The van der Waals surface area contributed by atoms with E-state index in [1.54, 1.807) is 0 Å². The van der Waals surface area contributed by atoms with Crippen molar-refractivity contribution in [3.63, 3.8) is 0 Å². The summed E-state index contributed by atoms with van der Waals surface area (Å²) in [5, 5.41) is 0. The van der Waals surface area contributed by atoms with Crippen LogP contribution in [0.4, 0.5) is 0 Å². The fourth-order valence-electron chi connectivity index (χ4n) is 3.10. The van der Waals surface area contributed by atoms with E-state index < -0.39 is 0 Å². The monoisotopic (exact) mass is 250 g/mol. The predicted molar refractivity (Wildman–Crippen MR) is 65.9 cm³/mol. The summed E-state index contributed by atoms with van der Waals surface area (Å²) in [6.07, 6.45) is 1.41. The van der Waals surface area contributed by atoms with Crippen LogP contribution in [-0.2, 0) is 0 Å². The molecule has 2 bridgehead atoms. The van der Waals surface area contributed by atoms with E-state index in [0.717, 1.165) is 36.7 Å². The second kappa shape index (κ2) is 5.72. The van der Waals surface area contributed by atoms with Gasteiger partial charge in [-0.25, -0.2) is 0 Å². The molecule has 0 atom stereocenters. The Bertz CT molecular complexity index is 169. The lowest BCUT2D eigenvalue weighted by atomic mass is 9.85. The zero-order valence-electron chi connectivity index (χ0n) is 9.17. The maximum atomic E-state index is 5.80. The van der Waals surface area contributed by atoms with Gasteiger partial charge in [-0.1, -0.05) is 0 Å². The van der Waals surface area contributed by atoms with Gasteiger partial charge in [-0.3, -0.25) is 0 Å². The van der Waals surface area contributed by atoms with E-state index in [1.807, 2.05) is 0 Å². The molecule has 2 aliphatic heterocycles. The van der Waals surface area contributed by atoms with E-state index in [2.05, 4.69) is 9.80 Å². The molecule has 4 heteroatoms. The van der Waals surface area contributed by atoms with Crippen molar-refractivity contribution in [2.45, 2.75) is 6.42 Å². The van der Waals surface area contributed by atoms with Crippen molar-refractivity contribution in [1.82, 2.24) is 9.80 Å². The Kier molecular flexibility index (Phi) is 4.56. The maximum absolute atomic E-state index is 5.80. The van der Waals surface area contributed by atoms with Crippen LogP contribution >= 0.6 is 23.2 Å². The van der Waals surface area contributed by atoms with Crippen LogP contribution in [0, 0.1) is 11.8 Å². The van der Waals surface area contributed by atoms with Gasteiger partial charge in [0.2, 0.25) is 0 Å². The van der Waals surface area contributed by atoms with E-state index in [-0.39, 0.29) is 0 Å². The minimum absolute atomic E-state index is 0.769. The predicted octanol–water partition coefficient (Wildman–Crippen LogP) is 1.72.